The Hall–Kier alpha value is -5.22. The van der Waals surface area contributed by atoms with E-state index in [1.807, 2.05) is 84.9 Å². The van der Waals surface area contributed by atoms with E-state index in [-0.39, 0.29) is 55.3 Å². The number of hydrogen-bond donors (Lipinski definition) is 2. The zero-order chi connectivity index (χ0) is 35.2. The van der Waals surface area contributed by atoms with Crippen molar-refractivity contribution in [3.05, 3.63) is 102 Å². The number of ether oxygens (including phenoxy) is 1. The first kappa shape index (κ1) is 34.6. The molecule has 260 valence electrons. The van der Waals surface area contributed by atoms with Crippen molar-refractivity contribution in [3.8, 4) is 16.9 Å². The summed E-state index contributed by atoms with van der Waals surface area (Å²) in [6.07, 6.45) is 1.58. The topological polar surface area (TPSA) is 111 Å². The van der Waals surface area contributed by atoms with Crippen LogP contribution in [0.15, 0.2) is 91.0 Å². The summed E-state index contributed by atoms with van der Waals surface area (Å²) in [6.45, 7) is 1.03. The molecule has 0 radical (unpaired) electrons. The van der Waals surface area contributed by atoms with Crippen LogP contribution in [0, 0.1) is 0 Å². The highest BCUT2D eigenvalue weighted by atomic mass is 16.5. The molecule has 4 amide bonds. The minimum Gasteiger partial charge on any atom is -0.491 e. The summed E-state index contributed by atoms with van der Waals surface area (Å²) in [5.74, 6) is -0.101. The molecule has 0 saturated carbocycles. The Labute approximate surface area is 293 Å². The fourth-order valence-corrected chi connectivity index (χ4v) is 6.94. The van der Waals surface area contributed by atoms with Crippen molar-refractivity contribution in [2.45, 2.75) is 43.8 Å². The molecule has 3 atom stereocenters. The number of likely N-dealkylation sites (N-methyl/N-ethyl adjacent to an activating group) is 1. The number of hydrogen-bond acceptors (Lipinski definition) is 6. The molecular formula is C40H45N5O5. The Morgan fingerprint density at radius 2 is 1.62 bits per heavy atom. The Kier molecular flexibility index (Phi) is 10.8. The summed E-state index contributed by atoms with van der Waals surface area (Å²) in [7, 11) is 5.35. The van der Waals surface area contributed by atoms with Gasteiger partial charge < -0.3 is 30.1 Å². The summed E-state index contributed by atoms with van der Waals surface area (Å²) in [4.78, 5) is 59.2. The molecule has 4 aromatic carbocycles. The molecule has 50 heavy (non-hydrogen) atoms. The van der Waals surface area contributed by atoms with Gasteiger partial charge in [0.25, 0.3) is 5.91 Å². The van der Waals surface area contributed by atoms with Crippen LogP contribution in [0.25, 0.3) is 21.9 Å². The summed E-state index contributed by atoms with van der Waals surface area (Å²) < 4.78 is 6.46. The highest BCUT2D eigenvalue weighted by molar-refractivity contribution is 5.95. The first-order chi connectivity index (χ1) is 24.1. The SMILES string of the molecule is CN(C)CC(=O)N[C@H]1CCCN(C)C(=O)c2cccc(c2)-c2ccccc2OC[C@@H]2C[C@H](NC(=O)Cc3ccc4ccccc4c3)CN2C1=O. The highest BCUT2D eigenvalue weighted by Crippen LogP contribution is 2.32. The van der Waals surface area contributed by atoms with Crippen molar-refractivity contribution in [1.29, 1.82) is 0 Å². The molecule has 2 aliphatic rings. The van der Waals surface area contributed by atoms with Crippen LogP contribution in [0.4, 0.5) is 0 Å². The van der Waals surface area contributed by atoms with Gasteiger partial charge in [0.15, 0.2) is 0 Å². The van der Waals surface area contributed by atoms with Gasteiger partial charge in [-0.2, -0.15) is 0 Å². The monoisotopic (exact) mass is 675 g/mol. The number of carbonyl (C=O) groups is 4. The molecule has 10 nitrogen and oxygen atoms in total. The zero-order valence-corrected chi connectivity index (χ0v) is 28.9. The van der Waals surface area contributed by atoms with E-state index in [1.165, 1.54) is 0 Å². The normalized spacial score (nSPS) is 19.9. The lowest BCUT2D eigenvalue weighted by Gasteiger charge is -2.30. The van der Waals surface area contributed by atoms with Crippen LogP contribution in [0.1, 0.15) is 35.2 Å². The first-order valence-corrected chi connectivity index (χ1v) is 17.2. The van der Waals surface area contributed by atoms with Crippen molar-refractivity contribution in [2.24, 2.45) is 0 Å². The Morgan fingerprint density at radius 3 is 2.44 bits per heavy atom. The van der Waals surface area contributed by atoms with Gasteiger partial charge in [0, 0.05) is 37.3 Å². The van der Waals surface area contributed by atoms with Crippen LogP contribution in [-0.2, 0) is 20.8 Å². The van der Waals surface area contributed by atoms with Crippen molar-refractivity contribution in [2.75, 3.05) is 47.4 Å². The predicted octanol–water partition coefficient (Wildman–Crippen LogP) is 4.13. The third-order valence-corrected chi connectivity index (χ3v) is 9.41. The van der Waals surface area contributed by atoms with Crippen molar-refractivity contribution in [1.82, 2.24) is 25.3 Å². The van der Waals surface area contributed by atoms with Crippen molar-refractivity contribution >= 4 is 34.4 Å². The van der Waals surface area contributed by atoms with Crippen LogP contribution in [0.5, 0.6) is 5.75 Å². The van der Waals surface area contributed by atoms with Gasteiger partial charge in [-0.15, -0.1) is 0 Å². The van der Waals surface area contributed by atoms with E-state index < -0.39 is 6.04 Å². The molecule has 0 aromatic heterocycles. The molecule has 6 rings (SSSR count). The molecular weight excluding hydrogens is 630 g/mol. The van der Waals surface area contributed by atoms with Gasteiger partial charge >= 0.3 is 0 Å². The predicted molar refractivity (Wildman–Crippen MR) is 194 cm³/mol. The summed E-state index contributed by atoms with van der Waals surface area (Å²) >= 11 is 0. The molecule has 2 heterocycles. The second kappa shape index (κ2) is 15.6. The third-order valence-electron chi connectivity index (χ3n) is 9.41. The highest BCUT2D eigenvalue weighted by Gasteiger charge is 2.39. The average molecular weight is 676 g/mol. The summed E-state index contributed by atoms with van der Waals surface area (Å²) in [5, 5.41) is 8.33. The number of nitrogens with zero attached hydrogens (tertiary/aromatic N) is 3. The smallest absolute Gasteiger partial charge is 0.253 e. The van der Waals surface area contributed by atoms with Gasteiger partial charge in [0.05, 0.1) is 19.0 Å². The zero-order valence-electron chi connectivity index (χ0n) is 28.9. The summed E-state index contributed by atoms with van der Waals surface area (Å²) in [6, 6.07) is 27.8. The van der Waals surface area contributed by atoms with E-state index in [0.717, 1.165) is 27.5 Å². The lowest BCUT2D eigenvalue weighted by Crippen LogP contribution is -2.53. The standard InChI is InChI=1S/C40H45N5O5/c1-43(2)25-38(47)42-35-15-9-19-44(3)39(48)31-13-8-12-30(22-31)34-14-6-7-16-36(34)50-26-33-23-32(24-45(33)40(35)49)41-37(46)21-27-17-18-28-10-4-5-11-29(28)20-27/h4-8,10-14,16-18,20,22,32-33,35H,9,15,19,21,23-26H2,1-3H3,(H,41,46)(H,42,47)/t32-,33-,35-/m0/s1. The number of benzene rings is 4. The van der Waals surface area contributed by atoms with Crippen LogP contribution < -0.4 is 15.4 Å². The van der Waals surface area contributed by atoms with Crippen LogP contribution in [-0.4, -0.2) is 104 Å². The van der Waals surface area contributed by atoms with E-state index >= 15 is 0 Å². The molecule has 1 fully saturated rings. The van der Waals surface area contributed by atoms with Gasteiger partial charge in [0.2, 0.25) is 17.7 Å². The van der Waals surface area contributed by atoms with Gasteiger partial charge in [0.1, 0.15) is 18.4 Å². The van der Waals surface area contributed by atoms with E-state index in [0.29, 0.717) is 43.7 Å². The fraction of sp³-hybridized carbons (Fsp3) is 0.350. The van der Waals surface area contributed by atoms with Crippen molar-refractivity contribution < 1.29 is 23.9 Å². The van der Waals surface area contributed by atoms with Crippen LogP contribution >= 0.6 is 0 Å². The van der Waals surface area contributed by atoms with E-state index in [9.17, 15) is 19.2 Å². The molecule has 10 heteroatoms. The number of fused-ring (bicyclic) bond motifs is 6. The van der Waals surface area contributed by atoms with Gasteiger partial charge in [-0.3, -0.25) is 19.2 Å². The van der Waals surface area contributed by atoms with Crippen LogP contribution in [0.2, 0.25) is 0 Å². The Morgan fingerprint density at radius 1 is 0.860 bits per heavy atom. The van der Waals surface area contributed by atoms with Crippen molar-refractivity contribution in [3.63, 3.8) is 0 Å². The lowest BCUT2D eigenvalue weighted by molar-refractivity contribution is -0.138. The second-order valence-electron chi connectivity index (χ2n) is 13.6. The van der Waals surface area contributed by atoms with Gasteiger partial charge in [-0.25, -0.2) is 0 Å². The van der Waals surface area contributed by atoms with Gasteiger partial charge in [-0.1, -0.05) is 72.8 Å². The summed E-state index contributed by atoms with van der Waals surface area (Å²) in [5.41, 5.74) is 3.16. The van der Waals surface area contributed by atoms with E-state index in [4.69, 9.17) is 4.74 Å². The molecule has 4 aromatic rings. The van der Waals surface area contributed by atoms with E-state index in [2.05, 4.69) is 10.6 Å². The molecule has 0 spiro atoms. The van der Waals surface area contributed by atoms with Gasteiger partial charge in [-0.05, 0) is 73.5 Å². The maximum Gasteiger partial charge on any atom is 0.253 e. The Balaban J connectivity index is 1.26. The fourth-order valence-electron chi connectivity index (χ4n) is 6.94. The molecule has 2 bridgehead atoms. The minimum absolute atomic E-state index is 0.119. The van der Waals surface area contributed by atoms with Crippen LogP contribution in [0.3, 0.4) is 0 Å². The van der Waals surface area contributed by atoms with E-state index in [1.54, 1.807) is 41.9 Å². The quantitative estimate of drug-likeness (QED) is 0.318. The number of para-hydroxylation sites is 1. The molecule has 1 saturated heterocycles. The maximum absolute atomic E-state index is 14.4. The number of amides is 4. The first-order valence-electron chi connectivity index (χ1n) is 17.2. The molecule has 0 unspecified atom stereocenters. The Bertz CT molecular complexity index is 1880. The minimum atomic E-state index is -0.802. The average Bonchev–Trinajstić information content (AvgIpc) is 3.51. The molecule has 0 aliphatic carbocycles. The molecule has 2 N–H and O–H groups in total. The number of rotatable bonds is 6. The number of carbonyl (C=O) groups excluding carboxylic acids is 4. The second-order valence-corrected chi connectivity index (χ2v) is 13.6. The molecule has 2 aliphatic heterocycles. The lowest BCUT2D eigenvalue weighted by atomic mass is 10.0. The largest absolute Gasteiger partial charge is 0.491 e. The maximum atomic E-state index is 14.4. The number of nitrogens with one attached hydrogen (secondary N) is 2. The third kappa shape index (κ3) is 8.31.